The zero-order valence-corrected chi connectivity index (χ0v) is 10.9. The first-order valence-corrected chi connectivity index (χ1v) is 6.53. The summed E-state index contributed by atoms with van der Waals surface area (Å²) in [5, 5.41) is 0. The Kier molecular flexibility index (Phi) is 4.99. The zero-order valence-electron chi connectivity index (χ0n) is 10.9. The lowest BCUT2D eigenvalue weighted by Gasteiger charge is -2.36. The first-order chi connectivity index (χ1) is 8.78. The quantitative estimate of drug-likeness (QED) is 0.850. The summed E-state index contributed by atoms with van der Waals surface area (Å²) in [6, 6.07) is 9.91. The molecule has 2 rings (SSSR count). The fourth-order valence-electron chi connectivity index (χ4n) is 2.26. The molecule has 0 aromatic heterocycles. The maximum Gasteiger partial charge on any atom is 0.119 e. The average Bonchev–Trinajstić information content (AvgIpc) is 2.39. The molecular formula is C14H22N2O2. The van der Waals surface area contributed by atoms with Crippen LogP contribution in [0, 0.1) is 0 Å². The van der Waals surface area contributed by atoms with Gasteiger partial charge in [0.15, 0.2) is 0 Å². The summed E-state index contributed by atoms with van der Waals surface area (Å²) in [6.45, 7) is 6.15. The van der Waals surface area contributed by atoms with Crippen molar-refractivity contribution in [2.75, 3.05) is 32.8 Å². The van der Waals surface area contributed by atoms with Gasteiger partial charge in [0.25, 0.3) is 0 Å². The number of benzene rings is 1. The molecule has 1 heterocycles. The second-order valence-corrected chi connectivity index (χ2v) is 4.73. The van der Waals surface area contributed by atoms with Gasteiger partial charge >= 0.3 is 0 Å². The second kappa shape index (κ2) is 6.73. The smallest absolute Gasteiger partial charge is 0.119 e. The highest BCUT2D eigenvalue weighted by Crippen LogP contribution is 2.11. The van der Waals surface area contributed by atoms with E-state index < -0.39 is 0 Å². The SMILES string of the molecule is CC1CN(CCOc2ccccc2)CC(CN)O1. The minimum Gasteiger partial charge on any atom is -0.492 e. The summed E-state index contributed by atoms with van der Waals surface area (Å²) in [5.74, 6) is 0.925. The Morgan fingerprint density at radius 3 is 2.83 bits per heavy atom. The lowest BCUT2D eigenvalue weighted by Crippen LogP contribution is -2.50. The standard InChI is InChI=1S/C14H22N2O2/c1-12-10-16(11-14(9-15)18-12)7-8-17-13-5-3-2-4-6-13/h2-6,12,14H,7-11,15H2,1H3. The van der Waals surface area contributed by atoms with Gasteiger partial charge in [-0.1, -0.05) is 18.2 Å². The summed E-state index contributed by atoms with van der Waals surface area (Å²) in [5.41, 5.74) is 5.66. The minimum absolute atomic E-state index is 0.158. The first kappa shape index (κ1) is 13.3. The second-order valence-electron chi connectivity index (χ2n) is 4.73. The van der Waals surface area contributed by atoms with Crippen LogP contribution in [0.2, 0.25) is 0 Å². The van der Waals surface area contributed by atoms with E-state index in [0.29, 0.717) is 13.2 Å². The molecule has 0 saturated carbocycles. The normalized spacial score (nSPS) is 25.0. The van der Waals surface area contributed by atoms with E-state index in [0.717, 1.165) is 25.4 Å². The molecule has 18 heavy (non-hydrogen) atoms. The number of nitrogens with two attached hydrogens (primary N) is 1. The van der Waals surface area contributed by atoms with Gasteiger partial charge in [0.05, 0.1) is 12.2 Å². The van der Waals surface area contributed by atoms with E-state index in [4.69, 9.17) is 15.2 Å². The summed E-state index contributed by atoms with van der Waals surface area (Å²) < 4.78 is 11.4. The number of ether oxygens (including phenoxy) is 2. The van der Waals surface area contributed by atoms with Crippen molar-refractivity contribution in [3.8, 4) is 5.75 Å². The first-order valence-electron chi connectivity index (χ1n) is 6.53. The monoisotopic (exact) mass is 250 g/mol. The van der Waals surface area contributed by atoms with Gasteiger partial charge in [-0.3, -0.25) is 4.90 Å². The molecule has 1 saturated heterocycles. The third kappa shape index (κ3) is 3.98. The van der Waals surface area contributed by atoms with E-state index in [9.17, 15) is 0 Å². The van der Waals surface area contributed by atoms with Crippen LogP contribution < -0.4 is 10.5 Å². The van der Waals surface area contributed by atoms with Crippen LogP contribution in [-0.2, 0) is 4.74 Å². The van der Waals surface area contributed by atoms with Crippen molar-refractivity contribution in [3.63, 3.8) is 0 Å². The van der Waals surface area contributed by atoms with E-state index >= 15 is 0 Å². The minimum atomic E-state index is 0.158. The van der Waals surface area contributed by atoms with Crippen LogP contribution in [0.5, 0.6) is 5.75 Å². The number of hydrogen-bond donors (Lipinski definition) is 1. The van der Waals surface area contributed by atoms with Gasteiger partial charge in [-0.05, 0) is 19.1 Å². The van der Waals surface area contributed by atoms with E-state index in [-0.39, 0.29) is 12.2 Å². The van der Waals surface area contributed by atoms with Gasteiger partial charge in [0.2, 0.25) is 0 Å². The van der Waals surface area contributed by atoms with Gasteiger partial charge in [-0.15, -0.1) is 0 Å². The molecule has 0 amide bonds. The molecule has 4 heteroatoms. The van der Waals surface area contributed by atoms with Crippen molar-refractivity contribution in [2.45, 2.75) is 19.1 Å². The van der Waals surface area contributed by atoms with Crippen molar-refractivity contribution in [1.82, 2.24) is 4.90 Å². The molecule has 2 atom stereocenters. The molecule has 0 aliphatic carbocycles. The van der Waals surface area contributed by atoms with Crippen LogP contribution in [0.25, 0.3) is 0 Å². The van der Waals surface area contributed by atoms with Crippen LogP contribution in [0.3, 0.4) is 0 Å². The molecule has 0 bridgehead atoms. The van der Waals surface area contributed by atoms with Crippen LogP contribution in [0.15, 0.2) is 30.3 Å². The van der Waals surface area contributed by atoms with Crippen molar-refractivity contribution in [2.24, 2.45) is 5.73 Å². The average molecular weight is 250 g/mol. The van der Waals surface area contributed by atoms with Crippen LogP contribution in [0.1, 0.15) is 6.92 Å². The maximum atomic E-state index is 5.72. The van der Waals surface area contributed by atoms with Crippen LogP contribution >= 0.6 is 0 Å². The Balaban J connectivity index is 1.73. The molecule has 2 unspecified atom stereocenters. The fourth-order valence-corrected chi connectivity index (χ4v) is 2.26. The largest absolute Gasteiger partial charge is 0.492 e. The van der Waals surface area contributed by atoms with E-state index in [1.54, 1.807) is 0 Å². The van der Waals surface area contributed by atoms with Crippen molar-refractivity contribution < 1.29 is 9.47 Å². The Morgan fingerprint density at radius 2 is 2.11 bits per heavy atom. The number of hydrogen-bond acceptors (Lipinski definition) is 4. The van der Waals surface area contributed by atoms with Gasteiger partial charge in [0.1, 0.15) is 12.4 Å². The predicted molar refractivity (Wildman–Crippen MR) is 71.8 cm³/mol. The molecule has 100 valence electrons. The molecule has 1 aromatic rings. The number of rotatable bonds is 5. The molecule has 0 spiro atoms. The van der Waals surface area contributed by atoms with E-state index in [1.807, 2.05) is 30.3 Å². The summed E-state index contributed by atoms with van der Waals surface area (Å²) >= 11 is 0. The predicted octanol–water partition coefficient (Wildman–Crippen LogP) is 1.11. The summed E-state index contributed by atoms with van der Waals surface area (Å²) in [6.07, 6.45) is 0.412. The summed E-state index contributed by atoms with van der Waals surface area (Å²) in [4.78, 5) is 2.36. The molecule has 0 radical (unpaired) electrons. The Bertz CT molecular complexity index is 345. The van der Waals surface area contributed by atoms with Gasteiger partial charge in [0, 0.05) is 26.2 Å². The fraction of sp³-hybridized carbons (Fsp3) is 0.571. The van der Waals surface area contributed by atoms with Gasteiger partial charge < -0.3 is 15.2 Å². The third-order valence-corrected chi connectivity index (χ3v) is 3.08. The van der Waals surface area contributed by atoms with Crippen molar-refractivity contribution >= 4 is 0 Å². The van der Waals surface area contributed by atoms with Crippen LogP contribution in [-0.4, -0.2) is 49.9 Å². The lowest BCUT2D eigenvalue weighted by atomic mass is 10.2. The topological polar surface area (TPSA) is 47.7 Å². The van der Waals surface area contributed by atoms with Gasteiger partial charge in [-0.25, -0.2) is 0 Å². The highest BCUT2D eigenvalue weighted by atomic mass is 16.5. The van der Waals surface area contributed by atoms with E-state index in [2.05, 4.69) is 11.8 Å². The third-order valence-electron chi connectivity index (χ3n) is 3.08. The Labute approximate surface area is 109 Å². The lowest BCUT2D eigenvalue weighted by molar-refractivity contribution is -0.0739. The van der Waals surface area contributed by atoms with E-state index in [1.165, 1.54) is 0 Å². The highest BCUT2D eigenvalue weighted by Gasteiger charge is 2.23. The van der Waals surface area contributed by atoms with Crippen molar-refractivity contribution in [1.29, 1.82) is 0 Å². The highest BCUT2D eigenvalue weighted by molar-refractivity contribution is 5.20. The van der Waals surface area contributed by atoms with Crippen molar-refractivity contribution in [3.05, 3.63) is 30.3 Å². The number of nitrogens with zero attached hydrogens (tertiary/aromatic N) is 1. The summed E-state index contributed by atoms with van der Waals surface area (Å²) in [7, 11) is 0. The molecule has 1 aliphatic rings. The molecule has 1 fully saturated rings. The zero-order chi connectivity index (χ0) is 12.8. The number of para-hydroxylation sites is 1. The molecule has 4 nitrogen and oxygen atoms in total. The molecule has 2 N–H and O–H groups in total. The Morgan fingerprint density at radius 1 is 1.33 bits per heavy atom. The maximum absolute atomic E-state index is 5.72. The molecular weight excluding hydrogens is 228 g/mol. The number of morpholine rings is 1. The van der Waals surface area contributed by atoms with Gasteiger partial charge in [-0.2, -0.15) is 0 Å². The molecule has 1 aliphatic heterocycles. The Hall–Kier alpha value is -1.10. The molecule has 1 aromatic carbocycles. The van der Waals surface area contributed by atoms with Crippen LogP contribution in [0.4, 0.5) is 0 Å².